The maximum Gasteiger partial charge on any atom is 0.214 e. The largest absolute Gasteiger partial charge is 0.344 e. The van der Waals surface area contributed by atoms with Gasteiger partial charge in [-0.3, -0.25) is 0 Å². The van der Waals surface area contributed by atoms with Crippen molar-refractivity contribution in [3.63, 3.8) is 0 Å². The fourth-order valence-corrected chi connectivity index (χ4v) is 0.770. The molecule has 0 aliphatic rings. The van der Waals surface area contributed by atoms with Gasteiger partial charge in [0, 0.05) is 0 Å². The van der Waals surface area contributed by atoms with E-state index >= 15 is 0 Å². The second-order valence-corrected chi connectivity index (χ2v) is 3.61. The van der Waals surface area contributed by atoms with Crippen molar-refractivity contribution in [3.8, 4) is 0 Å². The molecule has 0 fully saturated rings. The van der Waals surface area contributed by atoms with Crippen molar-refractivity contribution in [3.05, 3.63) is 0 Å². The first-order valence-corrected chi connectivity index (χ1v) is 3.23. The molecule has 0 radical (unpaired) electrons. The van der Waals surface area contributed by atoms with E-state index in [1.807, 2.05) is 13.8 Å². The Kier molecular flexibility index (Phi) is 3.10. The third-order valence-electron chi connectivity index (χ3n) is 0.443. The van der Waals surface area contributed by atoms with Crippen LogP contribution in [0, 0.1) is 0 Å². The zero-order chi connectivity index (χ0) is 6.78. The third-order valence-corrected chi connectivity index (χ3v) is 0.621. The second-order valence-electron chi connectivity index (χ2n) is 1.97. The van der Waals surface area contributed by atoms with Gasteiger partial charge in [-0.2, -0.15) is 0 Å². The van der Waals surface area contributed by atoms with Gasteiger partial charge in [-0.25, -0.2) is 0 Å². The summed E-state index contributed by atoms with van der Waals surface area (Å²) >= 11 is 10.9. The third kappa shape index (κ3) is 6.54. The van der Waals surface area contributed by atoms with Gasteiger partial charge in [0.1, 0.15) is 0 Å². The molecule has 0 spiro atoms. The monoisotopic (exact) mass is 156 g/mol. The van der Waals surface area contributed by atoms with Crippen LogP contribution in [0.15, 0.2) is 0 Å². The van der Waals surface area contributed by atoms with Crippen molar-refractivity contribution < 1.29 is 4.74 Å². The van der Waals surface area contributed by atoms with E-state index < -0.39 is 4.52 Å². The summed E-state index contributed by atoms with van der Waals surface area (Å²) in [5.41, 5.74) is 0. The average Bonchev–Trinajstić information content (AvgIpc) is 1.21. The lowest BCUT2D eigenvalue weighted by Crippen LogP contribution is -2.17. The maximum absolute atomic E-state index is 5.47. The lowest BCUT2D eigenvalue weighted by molar-refractivity contribution is 0.0397. The molecule has 0 aromatic carbocycles. The number of alkyl halides is 2. The summed E-state index contributed by atoms with van der Waals surface area (Å²) in [6.07, 6.45) is 0.0787. The van der Waals surface area contributed by atoms with Crippen molar-refractivity contribution in [2.75, 3.05) is 0 Å². The Morgan fingerprint density at radius 2 is 1.75 bits per heavy atom. The Hall–Kier alpha value is 0.540. The van der Waals surface area contributed by atoms with Gasteiger partial charge < -0.3 is 4.74 Å². The van der Waals surface area contributed by atoms with Gasteiger partial charge in [-0.15, -0.1) is 0 Å². The minimum absolute atomic E-state index is 0.0787. The van der Waals surface area contributed by atoms with Gasteiger partial charge in [-0.05, 0) is 20.8 Å². The van der Waals surface area contributed by atoms with Crippen molar-refractivity contribution in [1.29, 1.82) is 0 Å². The first-order valence-electron chi connectivity index (χ1n) is 2.47. The molecule has 0 aromatic rings. The van der Waals surface area contributed by atoms with Crippen LogP contribution in [0.4, 0.5) is 0 Å². The zero-order valence-corrected chi connectivity index (χ0v) is 6.75. The van der Waals surface area contributed by atoms with Crippen LogP contribution in [0.25, 0.3) is 0 Å². The predicted octanol–water partition coefficient (Wildman–Crippen LogP) is 2.56. The van der Waals surface area contributed by atoms with E-state index in [2.05, 4.69) is 0 Å². The number of hydrogen-bond acceptors (Lipinski definition) is 1. The Morgan fingerprint density at radius 1 is 1.38 bits per heavy atom. The van der Waals surface area contributed by atoms with Crippen molar-refractivity contribution in [2.24, 2.45) is 0 Å². The summed E-state index contributed by atoms with van der Waals surface area (Å²) in [5, 5.41) is 0. The Balaban J connectivity index is 3.39. The molecular formula is C5H10Cl2O. The van der Waals surface area contributed by atoms with E-state index in [-0.39, 0.29) is 6.10 Å². The molecule has 0 N–H and O–H groups in total. The van der Waals surface area contributed by atoms with Gasteiger partial charge in [0.05, 0.1) is 6.10 Å². The quantitative estimate of drug-likeness (QED) is 0.559. The first kappa shape index (κ1) is 8.54. The normalized spacial score (nSPS) is 12.8. The van der Waals surface area contributed by atoms with Crippen LogP contribution < -0.4 is 0 Å². The van der Waals surface area contributed by atoms with E-state index in [0.717, 1.165) is 0 Å². The highest BCUT2D eigenvalue weighted by atomic mass is 35.5. The summed E-state index contributed by atoms with van der Waals surface area (Å²) in [5.74, 6) is 0. The SMILES string of the molecule is CC(C)OC(C)(Cl)Cl. The molecule has 0 bridgehead atoms. The molecule has 0 aliphatic heterocycles. The Morgan fingerprint density at radius 3 is 1.75 bits per heavy atom. The molecule has 8 heavy (non-hydrogen) atoms. The minimum atomic E-state index is -1.03. The highest BCUT2D eigenvalue weighted by Gasteiger charge is 2.17. The number of rotatable bonds is 2. The lowest BCUT2D eigenvalue weighted by Gasteiger charge is -2.16. The highest BCUT2D eigenvalue weighted by Crippen LogP contribution is 2.22. The van der Waals surface area contributed by atoms with Crippen LogP contribution in [0.5, 0.6) is 0 Å². The van der Waals surface area contributed by atoms with Crippen LogP contribution in [-0.2, 0) is 4.74 Å². The van der Waals surface area contributed by atoms with E-state index in [1.54, 1.807) is 6.92 Å². The molecule has 0 saturated heterocycles. The first-order chi connectivity index (χ1) is 3.42. The predicted molar refractivity (Wildman–Crippen MR) is 36.3 cm³/mol. The zero-order valence-electron chi connectivity index (χ0n) is 5.24. The van der Waals surface area contributed by atoms with Gasteiger partial charge in [-0.1, -0.05) is 23.2 Å². The number of halogens is 2. The van der Waals surface area contributed by atoms with Crippen molar-refractivity contribution in [1.82, 2.24) is 0 Å². The molecule has 3 heteroatoms. The molecule has 0 aromatic heterocycles. The van der Waals surface area contributed by atoms with Crippen LogP contribution in [-0.4, -0.2) is 10.6 Å². The van der Waals surface area contributed by atoms with Crippen LogP contribution in [0.1, 0.15) is 20.8 Å². The van der Waals surface area contributed by atoms with Crippen molar-refractivity contribution >= 4 is 23.2 Å². The van der Waals surface area contributed by atoms with E-state index in [4.69, 9.17) is 27.9 Å². The van der Waals surface area contributed by atoms with Crippen LogP contribution in [0.3, 0.4) is 0 Å². The molecule has 0 unspecified atom stereocenters. The van der Waals surface area contributed by atoms with Crippen LogP contribution >= 0.6 is 23.2 Å². The smallest absolute Gasteiger partial charge is 0.214 e. The highest BCUT2D eigenvalue weighted by molar-refractivity contribution is 6.46. The molecule has 0 saturated carbocycles. The fourth-order valence-electron chi connectivity index (χ4n) is 0.414. The Bertz CT molecular complexity index is 65.3. The maximum atomic E-state index is 5.47. The summed E-state index contributed by atoms with van der Waals surface area (Å²) in [6.45, 7) is 5.35. The molecule has 0 rings (SSSR count). The molecular weight excluding hydrogens is 147 g/mol. The topological polar surface area (TPSA) is 9.23 Å². The number of ether oxygens (including phenoxy) is 1. The summed E-state index contributed by atoms with van der Waals surface area (Å²) in [4.78, 5) is 0. The van der Waals surface area contributed by atoms with E-state index in [9.17, 15) is 0 Å². The molecule has 0 atom stereocenters. The summed E-state index contributed by atoms with van der Waals surface area (Å²) in [7, 11) is 0. The average molecular weight is 157 g/mol. The number of hydrogen-bond donors (Lipinski definition) is 0. The Labute approximate surface area is 59.9 Å². The van der Waals surface area contributed by atoms with E-state index in [0.29, 0.717) is 0 Å². The van der Waals surface area contributed by atoms with Gasteiger partial charge in [0.25, 0.3) is 0 Å². The van der Waals surface area contributed by atoms with Crippen molar-refractivity contribution in [2.45, 2.75) is 31.4 Å². The molecule has 1 nitrogen and oxygen atoms in total. The summed E-state index contributed by atoms with van der Waals surface area (Å²) in [6, 6.07) is 0. The second kappa shape index (κ2) is 2.90. The van der Waals surface area contributed by atoms with Gasteiger partial charge in [0.15, 0.2) is 0 Å². The minimum Gasteiger partial charge on any atom is -0.344 e. The molecule has 0 aliphatic carbocycles. The standard InChI is InChI=1S/C5H10Cl2O/c1-4(2)8-5(3,6)7/h4H,1-3H3. The molecule has 0 amide bonds. The molecule has 0 heterocycles. The van der Waals surface area contributed by atoms with Gasteiger partial charge in [0.2, 0.25) is 4.52 Å². The van der Waals surface area contributed by atoms with E-state index in [1.165, 1.54) is 0 Å². The lowest BCUT2D eigenvalue weighted by atomic mass is 10.5. The fraction of sp³-hybridized carbons (Fsp3) is 1.00. The van der Waals surface area contributed by atoms with Crippen LogP contribution in [0.2, 0.25) is 0 Å². The molecule has 50 valence electrons. The summed E-state index contributed by atoms with van der Waals surface area (Å²) < 4.78 is 3.93. The van der Waals surface area contributed by atoms with Gasteiger partial charge >= 0.3 is 0 Å².